The molecule has 2 N–H and O–H groups in total. The standard InChI is InChI=1S/C29H24O7/c1-2-3-15-34-18-10-8-9-17(16-18)23(24-26(30)19-11-4-6-13-21(19)35-28(24)32)25-27(31)20-12-5-7-14-22(20)36-29(25)33/h4-14,16,23,30-31H,2-3,15H2,1H3. The van der Waals surface area contributed by atoms with Crippen molar-refractivity contribution in [3.8, 4) is 17.2 Å². The van der Waals surface area contributed by atoms with Gasteiger partial charge in [0, 0.05) is 0 Å². The third kappa shape index (κ3) is 4.09. The van der Waals surface area contributed by atoms with E-state index in [-0.39, 0.29) is 33.8 Å². The topological polar surface area (TPSA) is 110 Å². The van der Waals surface area contributed by atoms with Gasteiger partial charge in [0.15, 0.2) is 0 Å². The molecule has 36 heavy (non-hydrogen) atoms. The molecule has 0 amide bonds. The SMILES string of the molecule is CCCCOc1cccc(C(c2c(O)c3ccccc3oc2=O)c2c(O)c3ccccc3oc2=O)c1. The van der Waals surface area contributed by atoms with E-state index in [9.17, 15) is 19.8 Å². The monoisotopic (exact) mass is 484 g/mol. The van der Waals surface area contributed by atoms with E-state index in [4.69, 9.17) is 13.6 Å². The second-order valence-corrected chi connectivity index (χ2v) is 8.50. The number of hydrogen-bond donors (Lipinski definition) is 2. The van der Waals surface area contributed by atoms with Crippen LogP contribution in [0.5, 0.6) is 17.2 Å². The number of unbranched alkanes of at least 4 members (excludes halogenated alkanes) is 1. The summed E-state index contributed by atoms with van der Waals surface area (Å²) >= 11 is 0. The van der Waals surface area contributed by atoms with E-state index in [1.165, 1.54) is 0 Å². The van der Waals surface area contributed by atoms with E-state index in [0.717, 1.165) is 12.8 Å². The van der Waals surface area contributed by atoms with Crippen LogP contribution in [0.2, 0.25) is 0 Å². The average molecular weight is 485 g/mol. The molecule has 0 radical (unpaired) electrons. The van der Waals surface area contributed by atoms with Gasteiger partial charge in [-0.25, -0.2) is 9.59 Å². The van der Waals surface area contributed by atoms with Crippen molar-refractivity contribution >= 4 is 21.9 Å². The first kappa shape index (κ1) is 23.2. The van der Waals surface area contributed by atoms with E-state index in [0.29, 0.717) is 28.7 Å². The molecular weight excluding hydrogens is 460 g/mol. The number of aromatic hydroxyl groups is 2. The fraction of sp³-hybridized carbons (Fsp3) is 0.172. The molecule has 2 aromatic heterocycles. The molecule has 0 aliphatic rings. The van der Waals surface area contributed by atoms with Crippen molar-refractivity contribution < 1.29 is 23.8 Å². The van der Waals surface area contributed by atoms with Gasteiger partial charge in [-0.1, -0.05) is 49.7 Å². The maximum absolute atomic E-state index is 13.3. The Morgan fingerprint density at radius 2 is 1.33 bits per heavy atom. The number of para-hydroxylation sites is 2. The molecule has 0 aliphatic carbocycles. The molecule has 0 atom stereocenters. The van der Waals surface area contributed by atoms with Gasteiger partial charge in [0.05, 0.1) is 34.4 Å². The molecule has 0 saturated carbocycles. The highest BCUT2D eigenvalue weighted by Gasteiger charge is 2.32. The molecule has 7 heteroatoms. The number of ether oxygens (including phenoxy) is 1. The van der Waals surface area contributed by atoms with Gasteiger partial charge < -0.3 is 23.8 Å². The highest BCUT2D eigenvalue weighted by Crippen LogP contribution is 2.42. The Hall–Kier alpha value is -4.52. The first-order chi connectivity index (χ1) is 17.5. The smallest absolute Gasteiger partial charge is 0.344 e. The van der Waals surface area contributed by atoms with Crippen LogP contribution in [-0.2, 0) is 0 Å². The summed E-state index contributed by atoms with van der Waals surface area (Å²) < 4.78 is 16.9. The number of benzene rings is 3. The third-order valence-corrected chi connectivity index (χ3v) is 6.18. The van der Waals surface area contributed by atoms with Crippen LogP contribution in [0.1, 0.15) is 42.4 Å². The zero-order chi connectivity index (χ0) is 25.2. The van der Waals surface area contributed by atoms with Gasteiger partial charge in [-0.05, 0) is 48.4 Å². The summed E-state index contributed by atoms with van der Waals surface area (Å²) in [7, 11) is 0. The first-order valence-corrected chi connectivity index (χ1v) is 11.7. The van der Waals surface area contributed by atoms with E-state index in [1.807, 2.05) is 0 Å². The Kier molecular flexibility index (Phi) is 6.21. The molecule has 2 heterocycles. The minimum Gasteiger partial charge on any atom is -0.507 e. The van der Waals surface area contributed by atoms with Gasteiger partial charge in [-0.3, -0.25) is 0 Å². The molecule has 0 aliphatic heterocycles. The lowest BCUT2D eigenvalue weighted by molar-refractivity contribution is 0.309. The van der Waals surface area contributed by atoms with Crippen LogP contribution in [0.25, 0.3) is 21.9 Å². The Morgan fingerprint density at radius 1 is 0.778 bits per heavy atom. The van der Waals surface area contributed by atoms with Crippen LogP contribution >= 0.6 is 0 Å². The number of fused-ring (bicyclic) bond motifs is 2. The van der Waals surface area contributed by atoms with Crippen LogP contribution in [0.4, 0.5) is 0 Å². The molecule has 5 aromatic rings. The number of rotatable bonds is 7. The van der Waals surface area contributed by atoms with E-state index >= 15 is 0 Å². The quantitative estimate of drug-likeness (QED) is 0.226. The van der Waals surface area contributed by atoms with Crippen LogP contribution in [0.3, 0.4) is 0 Å². The van der Waals surface area contributed by atoms with Gasteiger partial charge in [0.25, 0.3) is 0 Å². The molecule has 0 saturated heterocycles. The van der Waals surface area contributed by atoms with Gasteiger partial charge in [0.1, 0.15) is 28.4 Å². The van der Waals surface area contributed by atoms with Crippen molar-refractivity contribution in [3.05, 3.63) is 110 Å². The maximum Gasteiger partial charge on any atom is 0.344 e. The summed E-state index contributed by atoms with van der Waals surface area (Å²) in [6.07, 6.45) is 1.82. The van der Waals surface area contributed by atoms with Gasteiger partial charge >= 0.3 is 11.3 Å². The summed E-state index contributed by atoms with van der Waals surface area (Å²) in [5, 5.41) is 23.1. The molecule has 0 bridgehead atoms. The predicted molar refractivity (Wildman–Crippen MR) is 136 cm³/mol. The van der Waals surface area contributed by atoms with Crippen LogP contribution in [0.15, 0.2) is 91.2 Å². The first-order valence-electron chi connectivity index (χ1n) is 11.7. The summed E-state index contributed by atoms with van der Waals surface area (Å²) in [5.74, 6) is -1.34. The summed E-state index contributed by atoms with van der Waals surface area (Å²) in [6, 6.07) is 20.0. The van der Waals surface area contributed by atoms with Crippen molar-refractivity contribution in [2.45, 2.75) is 25.7 Å². The minimum atomic E-state index is -1.19. The largest absolute Gasteiger partial charge is 0.507 e. The second kappa shape index (κ2) is 9.62. The zero-order valence-electron chi connectivity index (χ0n) is 19.6. The maximum atomic E-state index is 13.3. The van der Waals surface area contributed by atoms with Crippen molar-refractivity contribution in [1.82, 2.24) is 0 Å². The van der Waals surface area contributed by atoms with Gasteiger partial charge in [-0.15, -0.1) is 0 Å². The van der Waals surface area contributed by atoms with Crippen molar-refractivity contribution in [2.24, 2.45) is 0 Å². The highest BCUT2D eigenvalue weighted by atomic mass is 16.5. The molecule has 5 rings (SSSR count). The molecular formula is C29H24O7. The summed E-state index contributed by atoms with van der Waals surface area (Å²) in [6.45, 7) is 2.55. The molecule has 0 fully saturated rings. The highest BCUT2D eigenvalue weighted by molar-refractivity contribution is 5.86. The van der Waals surface area contributed by atoms with E-state index < -0.39 is 17.2 Å². The molecule has 3 aromatic carbocycles. The molecule has 7 nitrogen and oxygen atoms in total. The van der Waals surface area contributed by atoms with Crippen molar-refractivity contribution in [2.75, 3.05) is 6.61 Å². The Labute approximate surface area is 205 Å². The zero-order valence-corrected chi connectivity index (χ0v) is 19.6. The third-order valence-electron chi connectivity index (χ3n) is 6.18. The molecule has 0 unspecified atom stereocenters. The van der Waals surface area contributed by atoms with Crippen LogP contribution in [0, 0.1) is 0 Å². The van der Waals surface area contributed by atoms with E-state index in [2.05, 4.69) is 6.92 Å². The fourth-order valence-corrected chi connectivity index (χ4v) is 4.40. The molecule has 0 spiro atoms. The average Bonchev–Trinajstić information content (AvgIpc) is 2.88. The normalized spacial score (nSPS) is 11.4. The molecule has 182 valence electrons. The lowest BCUT2D eigenvalue weighted by atomic mass is 9.84. The van der Waals surface area contributed by atoms with Crippen LogP contribution in [-0.4, -0.2) is 16.8 Å². The van der Waals surface area contributed by atoms with Crippen molar-refractivity contribution in [1.29, 1.82) is 0 Å². The minimum absolute atomic E-state index is 0.183. The van der Waals surface area contributed by atoms with Crippen LogP contribution < -0.4 is 16.0 Å². The summed E-state index contributed by atoms with van der Waals surface area (Å²) in [5.41, 5.74) is -1.18. The second-order valence-electron chi connectivity index (χ2n) is 8.50. The Morgan fingerprint density at radius 3 is 1.89 bits per heavy atom. The van der Waals surface area contributed by atoms with Crippen molar-refractivity contribution in [3.63, 3.8) is 0 Å². The fourth-order valence-electron chi connectivity index (χ4n) is 4.40. The lowest BCUT2D eigenvalue weighted by Gasteiger charge is -2.20. The lowest BCUT2D eigenvalue weighted by Crippen LogP contribution is -2.21. The Balaban J connectivity index is 1.81. The predicted octanol–water partition coefficient (Wildman–Crippen LogP) is 5.67. The Bertz CT molecular complexity index is 1580. The van der Waals surface area contributed by atoms with Gasteiger partial charge in [-0.2, -0.15) is 0 Å². The van der Waals surface area contributed by atoms with E-state index in [1.54, 1.807) is 72.8 Å². The summed E-state index contributed by atoms with van der Waals surface area (Å²) in [4.78, 5) is 26.5. The number of hydrogen-bond acceptors (Lipinski definition) is 7. The van der Waals surface area contributed by atoms with Gasteiger partial charge in [0.2, 0.25) is 0 Å².